The molecule has 0 fully saturated rings. The lowest BCUT2D eigenvalue weighted by molar-refractivity contribution is -0.113. The summed E-state index contributed by atoms with van der Waals surface area (Å²) in [6, 6.07) is 9.74. The highest BCUT2D eigenvalue weighted by molar-refractivity contribution is 5.94. The van der Waals surface area contributed by atoms with Gasteiger partial charge in [-0.2, -0.15) is 0 Å². The van der Waals surface area contributed by atoms with Crippen LogP contribution >= 0.6 is 0 Å². The van der Waals surface area contributed by atoms with Gasteiger partial charge in [-0.3, -0.25) is 4.79 Å². The number of rotatable bonds is 4. The first-order valence-corrected chi connectivity index (χ1v) is 4.20. The standard InChI is InChI=1S/C12H12O/c1-2-6-12(13)10-9-11-7-4-3-5-8-11/h2-5,7-10H,1,6H2. The summed E-state index contributed by atoms with van der Waals surface area (Å²) in [6.07, 6.45) is 5.41. The van der Waals surface area contributed by atoms with E-state index in [-0.39, 0.29) is 5.78 Å². The van der Waals surface area contributed by atoms with E-state index in [0.717, 1.165) is 5.56 Å². The van der Waals surface area contributed by atoms with E-state index in [1.807, 2.05) is 36.4 Å². The predicted molar refractivity (Wildman–Crippen MR) is 55.3 cm³/mol. The molecule has 1 heteroatoms. The molecular formula is C12H12O. The van der Waals surface area contributed by atoms with E-state index in [1.54, 1.807) is 12.2 Å². The van der Waals surface area contributed by atoms with Gasteiger partial charge in [0.05, 0.1) is 0 Å². The van der Waals surface area contributed by atoms with Crippen molar-refractivity contribution < 1.29 is 4.79 Å². The van der Waals surface area contributed by atoms with Crippen LogP contribution in [-0.2, 0) is 4.79 Å². The zero-order chi connectivity index (χ0) is 9.52. The second kappa shape index (κ2) is 5.09. The summed E-state index contributed by atoms with van der Waals surface area (Å²) in [4.78, 5) is 11.1. The van der Waals surface area contributed by atoms with E-state index in [4.69, 9.17) is 0 Å². The Bertz CT molecular complexity index is 309. The van der Waals surface area contributed by atoms with Gasteiger partial charge in [-0.05, 0) is 11.6 Å². The molecule has 0 unspecified atom stereocenters. The Morgan fingerprint density at radius 3 is 2.62 bits per heavy atom. The van der Waals surface area contributed by atoms with Gasteiger partial charge >= 0.3 is 0 Å². The maximum absolute atomic E-state index is 11.1. The topological polar surface area (TPSA) is 17.1 Å². The molecule has 0 aromatic heterocycles. The van der Waals surface area contributed by atoms with Crippen molar-refractivity contribution >= 4 is 11.9 Å². The van der Waals surface area contributed by atoms with Gasteiger partial charge in [-0.25, -0.2) is 0 Å². The third kappa shape index (κ3) is 3.52. The minimum atomic E-state index is 0.0823. The Labute approximate surface area is 78.4 Å². The van der Waals surface area contributed by atoms with Crippen molar-refractivity contribution in [2.45, 2.75) is 6.42 Å². The van der Waals surface area contributed by atoms with Crippen LogP contribution in [0.15, 0.2) is 49.1 Å². The highest BCUT2D eigenvalue weighted by atomic mass is 16.1. The lowest BCUT2D eigenvalue weighted by atomic mass is 10.2. The van der Waals surface area contributed by atoms with Crippen molar-refractivity contribution in [2.24, 2.45) is 0 Å². The Morgan fingerprint density at radius 2 is 2.00 bits per heavy atom. The zero-order valence-corrected chi connectivity index (χ0v) is 7.44. The number of hydrogen-bond donors (Lipinski definition) is 0. The van der Waals surface area contributed by atoms with Gasteiger partial charge in [0.25, 0.3) is 0 Å². The predicted octanol–water partition coefficient (Wildman–Crippen LogP) is 2.85. The van der Waals surface area contributed by atoms with Crippen molar-refractivity contribution in [3.63, 3.8) is 0 Å². The van der Waals surface area contributed by atoms with E-state index in [2.05, 4.69) is 6.58 Å². The second-order valence-electron chi connectivity index (χ2n) is 2.70. The molecule has 0 heterocycles. The van der Waals surface area contributed by atoms with Crippen LogP contribution in [-0.4, -0.2) is 5.78 Å². The molecule has 13 heavy (non-hydrogen) atoms. The van der Waals surface area contributed by atoms with Gasteiger partial charge < -0.3 is 0 Å². The number of carbonyl (C=O) groups excluding carboxylic acids is 1. The molecule has 0 N–H and O–H groups in total. The zero-order valence-electron chi connectivity index (χ0n) is 7.44. The summed E-state index contributed by atoms with van der Waals surface area (Å²) < 4.78 is 0. The molecule has 0 aliphatic heterocycles. The molecular weight excluding hydrogens is 160 g/mol. The van der Waals surface area contributed by atoms with E-state index in [1.165, 1.54) is 0 Å². The van der Waals surface area contributed by atoms with E-state index >= 15 is 0 Å². The Kier molecular flexibility index (Phi) is 3.71. The summed E-state index contributed by atoms with van der Waals surface area (Å²) in [5.41, 5.74) is 1.04. The highest BCUT2D eigenvalue weighted by Gasteiger charge is 1.90. The maximum Gasteiger partial charge on any atom is 0.159 e. The van der Waals surface area contributed by atoms with Gasteiger partial charge in [-0.15, -0.1) is 6.58 Å². The Balaban J connectivity index is 2.58. The normalized spacial score (nSPS) is 10.2. The van der Waals surface area contributed by atoms with Crippen molar-refractivity contribution in [1.82, 2.24) is 0 Å². The molecule has 0 amide bonds. The Morgan fingerprint density at radius 1 is 1.31 bits per heavy atom. The maximum atomic E-state index is 11.1. The van der Waals surface area contributed by atoms with Crippen LogP contribution in [0.2, 0.25) is 0 Å². The summed E-state index contributed by atoms with van der Waals surface area (Å²) >= 11 is 0. The fourth-order valence-electron chi connectivity index (χ4n) is 0.964. The lowest BCUT2D eigenvalue weighted by Gasteiger charge is -1.90. The smallest absolute Gasteiger partial charge is 0.159 e. The van der Waals surface area contributed by atoms with Crippen molar-refractivity contribution in [3.05, 3.63) is 54.6 Å². The number of benzene rings is 1. The average molecular weight is 172 g/mol. The Hall–Kier alpha value is -1.63. The fraction of sp³-hybridized carbons (Fsp3) is 0.0833. The molecule has 0 saturated carbocycles. The van der Waals surface area contributed by atoms with Crippen molar-refractivity contribution in [3.8, 4) is 0 Å². The molecule has 1 nitrogen and oxygen atoms in total. The average Bonchev–Trinajstić information content (AvgIpc) is 2.17. The van der Waals surface area contributed by atoms with Crippen molar-refractivity contribution in [2.75, 3.05) is 0 Å². The molecule has 0 aliphatic carbocycles. The monoisotopic (exact) mass is 172 g/mol. The quantitative estimate of drug-likeness (QED) is 0.504. The van der Waals surface area contributed by atoms with Crippen LogP contribution in [0, 0.1) is 0 Å². The van der Waals surface area contributed by atoms with Gasteiger partial charge in [0.15, 0.2) is 5.78 Å². The first kappa shape index (κ1) is 9.46. The first-order chi connectivity index (χ1) is 6.33. The van der Waals surface area contributed by atoms with Gasteiger partial charge in [0.2, 0.25) is 0 Å². The minimum Gasteiger partial charge on any atom is -0.295 e. The van der Waals surface area contributed by atoms with Crippen LogP contribution in [0.3, 0.4) is 0 Å². The molecule has 0 radical (unpaired) electrons. The van der Waals surface area contributed by atoms with Gasteiger partial charge in [0, 0.05) is 6.42 Å². The van der Waals surface area contributed by atoms with Crippen LogP contribution in [0.5, 0.6) is 0 Å². The van der Waals surface area contributed by atoms with Crippen LogP contribution in [0.1, 0.15) is 12.0 Å². The van der Waals surface area contributed by atoms with Crippen molar-refractivity contribution in [1.29, 1.82) is 0 Å². The molecule has 0 bridgehead atoms. The van der Waals surface area contributed by atoms with Gasteiger partial charge in [0.1, 0.15) is 0 Å². The van der Waals surface area contributed by atoms with Crippen LogP contribution < -0.4 is 0 Å². The van der Waals surface area contributed by atoms with Gasteiger partial charge in [-0.1, -0.05) is 42.5 Å². The molecule has 0 aliphatic rings. The van der Waals surface area contributed by atoms with E-state index in [0.29, 0.717) is 6.42 Å². The number of carbonyl (C=O) groups is 1. The summed E-state index contributed by atoms with van der Waals surface area (Å²) in [5.74, 6) is 0.0823. The molecule has 0 spiro atoms. The third-order valence-corrected chi connectivity index (χ3v) is 1.61. The molecule has 66 valence electrons. The summed E-state index contributed by atoms with van der Waals surface area (Å²) in [5, 5.41) is 0. The van der Waals surface area contributed by atoms with Crippen LogP contribution in [0.4, 0.5) is 0 Å². The first-order valence-electron chi connectivity index (χ1n) is 4.20. The summed E-state index contributed by atoms with van der Waals surface area (Å²) in [7, 11) is 0. The van der Waals surface area contributed by atoms with Crippen LogP contribution in [0.25, 0.3) is 6.08 Å². The SMILES string of the molecule is C=CCC(=O)C=Cc1ccccc1. The fourth-order valence-corrected chi connectivity index (χ4v) is 0.964. The molecule has 0 atom stereocenters. The molecule has 1 aromatic carbocycles. The number of hydrogen-bond acceptors (Lipinski definition) is 1. The second-order valence-corrected chi connectivity index (χ2v) is 2.70. The molecule has 0 saturated heterocycles. The number of ketones is 1. The number of allylic oxidation sites excluding steroid dienone is 2. The minimum absolute atomic E-state index is 0.0823. The third-order valence-electron chi connectivity index (χ3n) is 1.61. The summed E-state index contributed by atoms with van der Waals surface area (Å²) in [6.45, 7) is 3.50. The largest absolute Gasteiger partial charge is 0.295 e. The highest BCUT2D eigenvalue weighted by Crippen LogP contribution is 2.01. The lowest BCUT2D eigenvalue weighted by Crippen LogP contribution is -1.87. The van der Waals surface area contributed by atoms with E-state index < -0.39 is 0 Å². The van der Waals surface area contributed by atoms with E-state index in [9.17, 15) is 4.79 Å². The molecule has 1 rings (SSSR count). The molecule has 1 aromatic rings.